The number of rotatable bonds is 25. The lowest BCUT2D eigenvalue weighted by molar-refractivity contribution is 0.102. The first-order valence-corrected chi connectivity index (χ1v) is 41.2. The maximum atomic E-state index is 15.0. The van der Waals surface area contributed by atoms with Gasteiger partial charge in [-0.3, -0.25) is 47.0 Å². The molecule has 0 saturated carbocycles. The molecule has 4 aromatic heterocycles. The summed E-state index contributed by atoms with van der Waals surface area (Å²) in [4.78, 5) is 113. The summed E-state index contributed by atoms with van der Waals surface area (Å²) in [5.74, 6) is -2.77. The number of fused-ring (bicyclic) bond motifs is 4. The van der Waals surface area contributed by atoms with Crippen molar-refractivity contribution in [2.75, 3.05) is 34.4 Å². The highest BCUT2D eigenvalue weighted by molar-refractivity contribution is 7.86. The first kappa shape index (κ1) is 77.7. The van der Waals surface area contributed by atoms with Crippen LogP contribution in [0.15, 0.2) is 248 Å². The molecule has 0 bridgehead atoms. The smallest absolute Gasteiger partial charge is 0.327 e. The molecule has 0 atom stereocenters. The Bertz CT molecular complexity index is 7300. The lowest BCUT2D eigenvalue weighted by atomic mass is 9.80. The topological polar surface area (TPSA) is 474 Å². The fourth-order valence-electron chi connectivity index (χ4n) is 14.3. The number of ether oxygens (including phenoxy) is 2. The average molecular weight is 1660 g/mol. The van der Waals surface area contributed by atoms with Crippen molar-refractivity contribution in [2.24, 2.45) is 14.1 Å². The van der Waals surface area contributed by atoms with E-state index in [0.29, 0.717) is 22.2 Å². The SMILES string of the molecule is Cn1c(=O)c(C(=O)c2ccccc2)c2c3c(c(Nc4ccc(S(=O)(=O)O)c(Cc5nc(NCCNc6nc(Cc7ccc(S(=O)(=O)O)c(Nc8ccc9c%10c8C(=O)c8ccccc8-c%10c(C(=O)c8cccc(S(=O)(=O)O)c8)c(=O)n9C)c7)nc(Oc7ccc(S(=O)(=O)O)cc7)n6)nc(Oc6ccccc6)n5)c4)ccc31)C(=O)c1ccccc1-2. The summed E-state index contributed by atoms with van der Waals surface area (Å²) in [6.45, 7) is -0.137. The Kier molecular flexibility index (Phi) is 19.9. The van der Waals surface area contributed by atoms with Gasteiger partial charge >= 0.3 is 12.0 Å². The molecule has 0 spiro atoms. The maximum Gasteiger partial charge on any atom is 0.327 e. The van der Waals surface area contributed by atoms with E-state index >= 15 is 0 Å². The second kappa shape index (κ2) is 30.2. The van der Waals surface area contributed by atoms with Crippen LogP contribution in [0.25, 0.3) is 44.1 Å². The van der Waals surface area contributed by atoms with Gasteiger partial charge in [-0.25, -0.2) is 0 Å². The van der Waals surface area contributed by atoms with Crippen molar-refractivity contribution in [3.8, 4) is 45.8 Å². The van der Waals surface area contributed by atoms with Gasteiger partial charge in [-0.2, -0.15) is 63.6 Å². The van der Waals surface area contributed by atoms with Crippen molar-refractivity contribution < 1.29 is 80.5 Å². The zero-order valence-corrected chi connectivity index (χ0v) is 64.4. The highest BCUT2D eigenvalue weighted by Crippen LogP contribution is 2.47. The van der Waals surface area contributed by atoms with Crippen LogP contribution in [0, 0.1) is 0 Å². The van der Waals surface area contributed by atoms with Gasteiger partial charge in [0.1, 0.15) is 28.0 Å². The van der Waals surface area contributed by atoms with Crippen molar-refractivity contribution >= 4 is 120 Å². The lowest BCUT2D eigenvalue weighted by Crippen LogP contribution is -2.29. The maximum absolute atomic E-state index is 15.0. The first-order valence-electron chi connectivity index (χ1n) is 35.4. The monoisotopic (exact) mass is 1660 g/mol. The number of carbonyl (C=O) groups is 4. The Hall–Kier alpha value is -14.2. The largest absolute Gasteiger partial charge is 0.424 e. The van der Waals surface area contributed by atoms with Crippen LogP contribution in [0.2, 0.25) is 0 Å². The van der Waals surface area contributed by atoms with Gasteiger partial charge in [0.25, 0.3) is 51.6 Å². The van der Waals surface area contributed by atoms with Crippen LogP contribution in [-0.4, -0.2) is 127 Å². The van der Waals surface area contributed by atoms with Gasteiger partial charge in [-0.15, -0.1) is 0 Å². The first-order chi connectivity index (χ1) is 56.3. The number of ketones is 4. The van der Waals surface area contributed by atoms with Gasteiger partial charge in [0.2, 0.25) is 11.9 Å². The van der Waals surface area contributed by atoms with Crippen LogP contribution in [-0.2, 0) is 67.4 Å². The van der Waals surface area contributed by atoms with Crippen LogP contribution < -0.4 is 41.9 Å². The van der Waals surface area contributed by atoms with E-state index in [1.54, 1.807) is 109 Å². The molecule has 36 heteroatoms. The van der Waals surface area contributed by atoms with Crippen LogP contribution >= 0.6 is 0 Å². The molecule has 0 unspecified atom stereocenters. The minimum atomic E-state index is -5.11. The summed E-state index contributed by atoms with van der Waals surface area (Å²) in [5.41, 5.74) is -0.403. The fraction of sp³-hybridized carbons (Fsp3) is 0.0732. The van der Waals surface area contributed by atoms with Crippen LogP contribution in [0.1, 0.15) is 86.5 Å². The molecule has 14 aromatic rings. The van der Waals surface area contributed by atoms with Crippen LogP contribution in [0.4, 0.5) is 34.6 Å². The quantitative estimate of drug-likeness (QED) is 0.0150. The molecular weight excluding hydrogens is 1600 g/mol. The Morgan fingerprint density at radius 2 is 0.864 bits per heavy atom. The number of aryl methyl sites for hydroxylation is 2. The fourth-order valence-corrected chi connectivity index (χ4v) is 16.6. The number of para-hydroxylation sites is 1. The molecule has 8 N–H and O–H groups in total. The summed E-state index contributed by atoms with van der Waals surface area (Å²) in [5, 5.41) is 12.8. The summed E-state index contributed by atoms with van der Waals surface area (Å²) in [7, 11) is -16.7. The van der Waals surface area contributed by atoms with E-state index in [9.17, 15) is 80.6 Å². The molecule has 10 aromatic carbocycles. The number of hydrogen-bond acceptors (Lipinski definition) is 26. The number of carbonyl (C=O) groups excluding carboxylic acids is 4. The van der Waals surface area contributed by atoms with E-state index in [2.05, 4.69) is 51.2 Å². The molecule has 0 radical (unpaired) electrons. The second-order valence-electron chi connectivity index (χ2n) is 27.0. The highest BCUT2D eigenvalue weighted by Gasteiger charge is 2.37. The molecule has 0 aliphatic heterocycles. The number of nitrogens with one attached hydrogen (secondary N) is 4. The van der Waals surface area contributed by atoms with Crippen molar-refractivity contribution in [3.63, 3.8) is 0 Å². The Morgan fingerprint density at radius 3 is 1.39 bits per heavy atom. The van der Waals surface area contributed by atoms with Gasteiger partial charge in [0.15, 0.2) is 23.1 Å². The molecule has 0 amide bonds. The molecule has 118 heavy (non-hydrogen) atoms. The molecule has 2 aliphatic carbocycles. The number of pyridine rings is 2. The van der Waals surface area contributed by atoms with E-state index in [4.69, 9.17) is 9.47 Å². The highest BCUT2D eigenvalue weighted by atomic mass is 32.2. The van der Waals surface area contributed by atoms with E-state index in [0.717, 1.165) is 41.0 Å². The van der Waals surface area contributed by atoms with Gasteiger partial charge < -0.3 is 39.9 Å². The average Bonchev–Trinajstić information content (AvgIpc) is 0.710. The molecule has 16 rings (SSSR count). The van der Waals surface area contributed by atoms with Gasteiger partial charge in [0.05, 0.1) is 65.0 Å². The number of nitrogens with zero attached hydrogens (tertiary/aromatic N) is 8. The number of hydrogen-bond donors (Lipinski definition) is 8. The van der Waals surface area contributed by atoms with Gasteiger partial charge in [0, 0.05) is 89.9 Å². The normalized spacial score (nSPS) is 12.4. The minimum absolute atomic E-state index is 0.0146. The summed E-state index contributed by atoms with van der Waals surface area (Å²) in [6, 6.07) is 51.3. The number of anilines is 6. The molecule has 0 saturated heterocycles. The Morgan fingerprint density at radius 1 is 0.398 bits per heavy atom. The van der Waals surface area contributed by atoms with Crippen molar-refractivity contribution in [3.05, 3.63) is 306 Å². The Balaban J connectivity index is 0.710. The summed E-state index contributed by atoms with van der Waals surface area (Å²) in [6.07, 6.45) is -0.693. The van der Waals surface area contributed by atoms with Gasteiger partial charge in [-0.05, 0) is 125 Å². The van der Waals surface area contributed by atoms with Crippen molar-refractivity contribution in [1.82, 2.24) is 39.0 Å². The minimum Gasteiger partial charge on any atom is -0.424 e. The van der Waals surface area contributed by atoms with Crippen LogP contribution in [0.5, 0.6) is 23.5 Å². The predicted molar refractivity (Wildman–Crippen MR) is 430 cm³/mol. The molecule has 590 valence electrons. The zero-order chi connectivity index (χ0) is 83.0. The molecular formula is C82H58N12O20S4. The molecule has 0 fully saturated rings. The third-order valence-corrected chi connectivity index (χ3v) is 23.1. The van der Waals surface area contributed by atoms with E-state index < -0.39 is 106 Å². The number of benzene rings is 10. The predicted octanol–water partition coefficient (Wildman–Crippen LogP) is 11.4. The zero-order valence-electron chi connectivity index (χ0n) is 61.1. The third-order valence-electron chi connectivity index (χ3n) is 19.6. The van der Waals surface area contributed by atoms with Gasteiger partial charge in [-0.1, -0.05) is 115 Å². The lowest BCUT2D eigenvalue weighted by Gasteiger charge is -2.26. The molecule has 32 nitrogen and oxygen atoms in total. The molecule has 2 aliphatic rings. The van der Waals surface area contributed by atoms with E-state index in [1.807, 2.05) is 0 Å². The number of aromatic nitrogens is 8. The summed E-state index contributed by atoms with van der Waals surface area (Å²) >= 11 is 0. The third kappa shape index (κ3) is 15.0. The van der Waals surface area contributed by atoms with E-state index in [1.165, 1.54) is 91.5 Å². The summed E-state index contributed by atoms with van der Waals surface area (Å²) < 4.78 is 157. The standard InChI is InChI=1S/C82H58N12O20S4/c1-93-59-32-30-56(67-69(59)65(52-20-9-11-22-54(52)75(67)97)71(77(93)99)73(95)44-14-5-3-6-15-44)85-47-25-35-61(117(107,108)109)46(40-47)42-64-88-80(92-82(90-64)113-48-17-7-4-8-18-48)84-37-36-83-79-87-63(89-81(91-79)114-49-26-28-50(29-27-49)115(101,102)103)39-43-24-34-62(118(110,111)112)58(38-43)86-57-31-33-60-70-66(53-21-10-12-23-55(53)76(98)68(57)70)72(78(100)94(60)2)74(96)45-16-13-19-51(41-45)116(104,105)106/h3-35,38,40-41,85-86H,36-37,39,42H2,1-2H3,(H,101,102,103)(H,104,105,106)(H,107,108,109)(H,110,111,112)(H,83,87,89,91)(H,84,88,90,92). The Labute approximate surface area is 668 Å². The van der Waals surface area contributed by atoms with Crippen LogP contribution in [0.3, 0.4) is 0 Å². The second-order valence-corrected chi connectivity index (χ2v) is 32.6. The van der Waals surface area contributed by atoms with Crippen molar-refractivity contribution in [1.29, 1.82) is 0 Å². The molecule has 4 heterocycles. The van der Waals surface area contributed by atoms with Crippen molar-refractivity contribution in [2.45, 2.75) is 32.4 Å². The van der Waals surface area contributed by atoms with E-state index in [-0.39, 0.29) is 161 Å².